The van der Waals surface area contributed by atoms with Gasteiger partial charge in [-0.3, -0.25) is 4.79 Å². The summed E-state index contributed by atoms with van der Waals surface area (Å²) in [6, 6.07) is 0. The number of carbonyl (C=O) groups excluding carboxylic acids is 1. The summed E-state index contributed by atoms with van der Waals surface area (Å²) in [6.07, 6.45) is 3.63. The predicted octanol–water partition coefficient (Wildman–Crippen LogP) is 1.47. The number of halogens is 1. The Morgan fingerprint density at radius 1 is 1.57 bits per heavy atom. The van der Waals surface area contributed by atoms with Gasteiger partial charge < -0.3 is 10.1 Å². The number of rotatable bonds is 2. The van der Waals surface area contributed by atoms with Crippen molar-refractivity contribution >= 4 is 17.5 Å². The van der Waals surface area contributed by atoms with Crippen molar-refractivity contribution in [2.45, 2.75) is 12.5 Å². The Morgan fingerprint density at radius 3 is 3.07 bits per heavy atom. The molecule has 1 aliphatic carbocycles. The summed E-state index contributed by atoms with van der Waals surface area (Å²) in [5.74, 6) is 0.958. The minimum absolute atomic E-state index is 0.135. The Bertz CT molecular complexity index is 357. The van der Waals surface area contributed by atoms with Gasteiger partial charge in [0, 0.05) is 12.3 Å². The van der Waals surface area contributed by atoms with E-state index in [0.29, 0.717) is 23.8 Å². The molecule has 0 spiro atoms. The number of nitrogens with one attached hydrogen (secondary N) is 1. The molecule has 1 heterocycles. The van der Waals surface area contributed by atoms with E-state index < -0.39 is 6.10 Å². The number of alkyl halides is 1. The molecule has 4 heteroatoms. The summed E-state index contributed by atoms with van der Waals surface area (Å²) >= 11 is 5.56. The third-order valence-electron chi connectivity index (χ3n) is 2.10. The van der Waals surface area contributed by atoms with E-state index in [1.807, 2.05) is 0 Å². The van der Waals surface area contributed by atoms with Crippen molar-refractivity contribution in [2.75, 3.05) is 5.88 Å². The topological polar surface area (TPSA) is 38.3 Å². The van der Waals surface area contributed by atoms with E-state index in [1.54, 1.807) is 12.2 Å². The Balaban J connectivity index is 2.17. The first kappa shape index (κ1) is 9.34. The molecule has 0 aromatic rings. The van der Waals surface area contributed by atoms with E-state index in [2.05, 4.69) is 11.9 Å². The second kappa shape index (κ2) is 3.50. The first-order valence-electron chi connectivity index (χ1n) is 4.37. The van der Waals surface area contributed by atoms with Gasteiger partial charge in [0.05, 0.1) is 5.70 Å². The van der Waals surface area contributed by atoms with E-state index in [9.17, 15) is 4.79 Å². The molecular weight excluding hydrogens is 202 g/mol. The van der Waals surface area contributed by atoms with Crippen LogP contribution in [0.15, 0.2) is 35.8 Å². The highest BCUT2D eigenvalue weighted by Crippen LogP contribution is 2.27. The van der Waals surface area contributed by atoms with E-state index >= 15 is 0 Å². The van der Waals surface area contributed by atoms with Crippen LogP contribution in [0.5, 0.6) is 0 Å². The maximum Gasteiger partial charge on any atom is 0.265 e. The van der Waals surface area contributed by atoms with Gasteiger partial charge >= 0.3 is 0 Å². The molecule has 0 aromatic heterocycles. The summed E-state index contributed by atoms with van der Waals surface area (Å²) in [6.45, 7) is 3.76. The maximum absolute atomic E-state index is 11.4. The van der Waals surface area contributed by atoms with Crippen molar-refractivity contribution in [3.8, 4) is 0 Å². The number of hydrogen-bond acceptors (Lipinski definition) is 2. The fraction of sp³-hybridized carbons (Fsp3) is 0.300. The summed E-state index contributed by atoms with van der Waals surface area (Å²) in [5.41, 5.74) is 1.53. The van der Waals surface area contributed by atoms with Gasteiger partial charge in [0.2, 0.25) is 0 Å². The third-order valence-corrected chi connectivity index (χ3v) is 2.32. The van der Waals surface area contributed by atoms with Crippen LogP contribution in [-0.4, -0.2) is 17.9 Å². The minimum Gasteiger partial charge on any atom is -0.478 e. The van der Waals surface area contributed by atoms with Crippen LogP contribution in [0, 0.1) is 0 Å². The lowest BCUT2D eigenvalue weighted by Crippen LogP contribution is -2.41. The average molecular weight is 212 g/mol. The van der Waals surface area contributed by atoms with Crippen LogP contribution in [0.3, 0.4) is 0 Å². The van der Waals surface area contributed by atoms with Crippen molar-refractivity contribution in [1.29, 1.82) is 0 Å². The van der Waals surface area contributed by atoms with Gasteiger partial charge in [0.25, 0.3) is 5.91 Å². The molecule has 1 aliphatic heterocycles. The van der Waals surface area contributed by atoms with Crippen molar-refractivity contribution < 1.29 is 9.53 Å². The van der Waals surface area contributed by atoms with E-state index in [4.69, 9.17) is 16.3 Å². The van der Waals surface area contributed by atoms with Crippen molar-refractivity contribution in [2.24, 2.45) is 0 Å². The normalized spacial score (nSPS) is 24.8. The molecule has 1 atom stereocenters. The van der Waals surface area contributed by atoms with Crippen LogP contribution < -0.4 is 5.32 Å². The van der Waals surface area contributed by atoms with Crippen molar-refractivity contribution in [3.05, 3.63) is 35.8 Å². The van der Waals surface area contributed by atoms with Gasteiger partial charge in [-0.05, 0) is 17.7 Å². The molecule has 0 radical (unpaired) electrons. The van der Waals surface area contributed by atoms with Gasteiger partial charge in [-0.15, -0.1) is 11.6 Å². The Hall–Kier alpha value is -1.22. The molecule has 1 unspecified atom stereocenters. The second-order valence-corrected chi connectivity index (χ2v) is 3.59. The molecule has 1 amide bonds. The SMILES string of the molecule is C=C1C=C2NC(=O)C(CCCl)OC2=C1. The Labute approximate surface area is 87.1 Å². The lowest BCUT2D eigenvalue weighted by molar-refractivity contribution is -0.132. The number of allylic oxidation sites excluding steroid dienone is 3. The van der Waals surface area contributed by atoms with E-state index in [0.717, 1.165) is 5.57 Å². The molecule has 1 N–H and O–H groups in total. The number of fused-ring (bicyclic) bond motifs is 1. The third kappa shape index (κ3) is 1.55. The fourth-order valence-corrected chi connectivity index (χ4v) is 1.65. The van der Waals surface area contributed by atoms with Crippen LogP contribution in [0.4, 0.5) is 0 Å². The molecule has 0 aromatic carbocycles. The molecule has 2 rings (SSSR count). The predicted molar refractivity (Wildman–Crippen MR) is 53.7 cm³/mol. The fourth-order valence-electron chi connectivity index (χ4n) is 1.45. The average Bonchev–Trinajstić information content (AvgIpc) is 2.45. The van der Waals surface area contributed by atoms with Gasteiger partial charge in [0.1, 0.15) is 5.76 Å². The van der Waals surface area contributed by atoms with Crippen LogP contribution in [0.1, 0.15) is 6.42 Å². The Morgan fingerprint density at radius 2 is 2.36 bits per heavy atom. The number of ether oxygens (including phenoxy) is 1. The van der Waals surface area contributed by atoms with E-state index in [-0.39, 0.29) is 5.91 Å². The number of hydrogen-bond donors (Lipinski definition) is 1. The molecule has 74 valence electrons. The number of amides is 1. The Kier molecular flexibility index (Phi) is 2.33. The van der Waals surface area contributed by atoms with E-state index in [1.165, 1.54) is 0 Å². The lowest BCUT2D eigenvalue weighted by Gasteiger charge is -2.25. The molecule has 1 fully saturated rings. The van der Waals surface area contributed by atoms with Gasteiger partial charge in [0.15, 0.2) is 6.10 Å². The smallest absolute Gasteiger partial charge is 0.265 e. The first-order valence-corrected chi connectivity index (χ1v) is 4.90. The highest BCUT2D eigenvalue weighted by atomic mass is 35.5. The molecule has 3 nitrogen and oxygen atoms in total. The van der Waals surface area contributed by atoms with Crippen LogP contribution in [-0.2, 0) is 9.53 Å². The monoisotopic (exact) mass is 211 g/mol. The summed E-state index contributed by atoms with van der Waals surface area (Å²) < 4.78 is 5.47. The molecular formula is C10H10ClNO2. The zero-order valence-corrected chi connectivity index (χ0v) is 8.30. The number of carbonyl (C=O) groups is 1. The molecule has 2 aliphatic rings. The summed E-state index contributed by atoms with van der Waals surface area (Å²) in [5, 5.41) is 2.75. The van der Waals surface area contributed by atoms with Crippen molar-refractivity contribution in [1.82, 2.24) is 5.32 Å². The van der Waals surface area contributed by atoms with Gasteiger partial charge in [-0.25, -0.2) is 0 Å². The largest absolute Gasteiger partial charge is 0.478 e. The highest BCUT2D eigenvalue weighted by Gasteiger charge is 2.30. The maximum atomic E-state index is 11.4. The highest BCUT2D eigenvalue weighted by molar-refractivity contribution is 6.18. The molecule has 0 bridgehead atoms. The summed E-state index contributed by atoms with van der Waals surface area (Å²) in [4.78, 5) is 11.4. The van der Waals surface area contributed by atoms with Gasteiger partial charge in [-0.2, -0.15) is 0 Å². The standard InChI is InChI=1S/C10H10ClNO2/c1-6-4-7-9(5-6)14-8(2-3-11)10(13)12-7/h4-5,8H,1-3H2,(H,12,13). The first-order chi connectivity index (χ1) is 6.70. The lowest BCUT2D eigenvalue weighted by atomic mass is 10.2. The summed E-state index contributed by atoms with van der Waals surface area (Å²) in [7, 11) is 0. The minimum atomic E-state index is -0.471. The zero-order chi connectivity index (χ0) is 10.1. The van der Waals surface area contributed by atoms with Crippen LogP contribution in [0.25, 0.3) is 0 Å². The van der Waals surface area contributed by atoms with Gasteiger partial charge in [-0.1, -0.05) is 6.58 Å². The zero-order valence-electron chi connectivity index (χ0n) is 7.55. The second-order valence-electron chi connectivity index (χ2n) is 3.21. The van der Waals surface area contributed by atoms with Crippen molar-refractivity contribution in [3.63, 3.8) is 0 Å². The van der Waals surface area contributed by atoms with Crippen LogP contribution >= 0.6 is 11.6 Å². The molecule has 1 saturated heterocycles. The van der Waals surface area contributed by atoms with Crippen LogP contribution in [0.2, 0.25) is 0 Å². The quantitative estimate of drug-likeness (QED) is 0.703. The molecule has 0 saturated carbocycles. The number of morpholine rings is 1. The molecule has 14 heavy (non-hydrogen) atoms.